The van der Waals surface area contributed by atoms with E-state index in [4.69, 9.17) is 5.73 Å². The molecule has 1 atom stereocenters. The first-order chi connectivity index (χ1) is 9.72. The van der Waals surface area contributed by atoms with Crippen LogP contribution in [0.2, 0.25) is 0 Å². The Morgan fingerprint density at radius 3 is 2.52 bits per heavy atom. The molecule has 0 saturated carbocycles. The van der Waals surface area contributed by atoms with Crippen molar-refractivity contribution in [3.8, 4) is 0 Å². The Morgan fingerprint density at radius 2 is 2.00 bits per heavy atom. The maximum Gasteiger partial charge on any atom is 0.224 e. The van der Waals surface area contributed by atoms with Gasteiger partial charge in [0.2, 0.25) is 5.91 Å². The lowest BCUT2D eigenvalue weighted by molar-refractivity contribution is -0.117. The number of benzene rings is 1. The molecular weight excluding hydrogens is 288 g/mol. The molecule has 6 heteroatoms. The van der Waals surface area contributed by atoms with Crippen LogP contribution in [-0.4, -0.2) is 27.1 Å². The Hall–Kier alpha value is -1.40. The van der Waals surface area contributed by atoms with Gasteiger partial charge in [0.15, 0.2) is 9.84 Å². The Labute approximate surface area is 126 Å². The number of anilines is 1. The van der Waals surface area contributed by atoms with Crippen molar-refractivity contribution in [2.24, 2.45) is 17.6 Å². The molecule has 21 heavy (non-hydrogen) atoms. The number of nitrogens with one attached hydrogen (secondary N) is 1. The van der Waals surface area contributed by atoms with Gasteiger partial charge in [0.25, 0.3) is 0 Å². The highest BCUT2D eigenvalue weighted by Gasteiger charge is 2.15. The molecule has 0 bridgehead atoms. The Kier molecular flexibility index (Phi) is 6.36. The van der Waals surface area contributed by atoms with Crippen molar-refractivity contribution in [2.75, 3.05) is 18.1 Å². The Balaban J connectivity index is 2.71. The smallest absolute Gasteiger partial charge is 0.224 e. The van der Waals surface area contributed by atoms with Crippen molar-refractivity contribution < 1.29 is 13.2 Å². The third-order valence-corrected chi connectivity index (χ3v) is 4.27. The molecule has 1 aromatic carbocycles. The van der Waals surface area contributed by atoms with Gasteiger partial charge in [0, 0.05) is 18.4 Å². The highest BCUT2D eigenvalue weighted by atomic mass is 32.2. The van der Waals surface area contributed by atoms with Crippen LogP contribution < -0.4 is 11.1 Å². The Morgan fingerprint density at radius 1 is 1.33 bits per heavy atom. The van der Waals surface area contributed by atoms with Crippen LogP contribution in [0.3, 0.4) is 0 Å². The minimum atomic E-state index is -3.28. The molecule has 118 valence electrons. The molecule has 0 heterocycles. The van der Waals surface area contributed by atoms with Crippen molar-refractivity contribution in [1.82, 2.24) is 0 Å². The SMILES string of the molecule is CC(C)C[C@H](CN)CC(=O)Nc1cccc(S(C)(=O)=O)c1. The van der Waals surface area contributed by atoms with E-state index in [-0.39, 0.29) is 16.7 Å². The standard InChI is InChI=1S/C15H24N2O3S/c1-11(2)7-12(10-16)8-15(18)17-13-5-4-6-14(9-13)21(3,19)20/h4-6,9,11-12H,7-8,10,16H2,1-3H3,(H,17,18)/t12-/m0/s1. The second-order valence-corrected chi connectivity index (χ2v) is 7.80. The first kappa shape index (κ1) is 17.7. The van der Waals surface area contributed by atoms with Crippen LogP contribution in [-0.2, 0) is 14.6 Å². The normalized spacial score (nSPS) is 13.2. The quantitative estimate of drug-likeness (QED) is 0.806. The largest absolute Gasteiger partial charge is 0.330 e. The van der Waals surface area contributed by atoms with Gasteiger partial charge in [-0.3, -0.25) is 4.79 Å². The van der Waals surface area contributed by atoms with Crippen molar-refractivity contribution in [2.45, 2.75) is 31.6 Å². The minimum Gasteiger partial charge on any atom is -0.330 e. The van der Waals surface area contributed by atoms with Gasteiger partial charge in [-0.1, -0.05) is 19.9 Å². The number of nitrogens with two attached hydrogens (primary N) is 1. The average Bonchev–Trinajstić information content (AvgIpc) is 2.36. The van der Waals surface area contributed by atoms with Crippen molar-refractivity contribution in [3.05, 3.63) is 24.3 Å². The molecule has 5 nitrogen and oxygen atoms in total. The molecule has 0 aliphatic carbocycles. The van der Waals surface area contributed by atoms with Gasteiger partial charge in [0.05, 0.1) is 4.90 Å². The molecule has 0 saturated heterocycles. The summed E-state index contributed by atoms with van der Waals surface area (Å²) in [5, 5.41) is 2.73. The van der Waals surface area contributed by atoms with E-state index in [9.17, 15) is 13.2 Å². The van der Waals surface area contributed by atoms with Crippen LogP contribution in [0, 0.1) is 11.8 Å². The molecule has 0 spiro atoms. The third-order valence-electron chi connectivity index (χ3n) is 3.16. The van der Waals surface area contributed by atoms with Crippen LogP contribution in [0.1, 0.15) is 26.7 Å². The summed E-state index contributed by atoms with van der Waals surface area (Å²) in [6, 6.07) is 6.26. The summed E-state index contributed by atoms with van der Waals surface area (Å²) in [4.78, 5) is 12.2. The van der Waals surface area contributed by atoms with Crippen molar-refractivity contribution >= 4 is 21.4 Å². The summed E-state index contributed by atoms with van der Waals surface area (Å²) in [6.07, 6.45) is 2.38. The highest BCUT2D eigenvalue weighted by Crippen LogP contribution is 2.18. The second kappa shape index (κ2) is 7.56. The van der Waals surface area contributed by atoms with E-state index in [1.165, 1.54) is 12.1 Å². The van der Waals surface area contributed by atoms with Gasteiger partial charge < -0.3 is 11.1 Å². The summed E-state index contributed by atoms with van der Waals surface area (Å²) < 4.78 is 23.0. The summed E-state index contributed by atoms with van der Waals surface area (Å²) in [5.41, 5.74) is 6.17. The van der Waals surface area contributed by atoms with Gasteiger partial charge in [-0.15, -0.1) is 0 Å². The fourth-order valence-electron chi connectivity index (χ4n) is 2.21. The fraction of sp³-hybridized carbons (Fsp3) is 0.533. The van der Waals surface area contributed by atoms with E-state index in [1.807, 2.05) is 0 Å². The number of carbonyl (C=O) groups excluding carboxylic acids is 1. The van der Waals surface area contributed by atoms with E-state index < -0.39 is 9.84 Å². The second-order valence-electron chi connectivity index (χ2n) is 5.78. The fourth-order valence-corrected chi connectivity index (χ4v) is 2.88. The lowest BCUT2D eigenvalue weighted by Crippen LogP contribution is -2.23. The number of amides is 1. The Bertz CT molecular complexity index is 582. The van der Waals surface area contributed by atoms with Crippen LogP contribution in [0.25, 0.3) is 0 Å². The number of sulfone groups is 1. The summed E-state index contributed by atoms with van der Waals surface area (Å²) in [5.74, 6) is 0.486. The monoisotopic (exact) mass is 312 g/mol. The number of hydrogen-bond donors (Lipinski definition) is 2. The predicted molar refractivity (Wildman–Crippen MR) is 84.8 cm³/mol. The van der Waals surface area contributed by atoms with Gasteiger partial charge in [-0.05, 0) is 43.0 Å². The molecule has 0 aromatic heterocycles. The van der Waals surface area contributed by atoms with Gasteiger partial charge in [-0.2, -0.15) is 0 Å². The predicted octanol–water partition coefficient (Wildman–Crippen LogP) is 2.04. The number of carbonyl (C=O) groups is 1. The number of rotatable bonds is 7. The minimum absolute atomic E-state index is 0.142. The molecule has 0 radical (unpaired) electrons. The topological polar surface area (TPSA) is 89.3 Å². The average molecular weight is 312 g/mol. The molecule has 1 rings (SSSR count). The molecule has 0 aliphatic heterocycles. The van der Waals surface area contributed by atoms with Gasteiger partial charge in [0.1, 0.15) is 0 Å². The highest BCUT2D eigenvalue weighted by molar-refractivity contribution is 7.90. The summed E-state index contributed by atoms with van der Waals surface area (Å²) in [6.45, 7) is 4.65. The zero-order valence-corrected chi connectivity index (χ0v) is 13.6. The molecule has 1 amide bonds. The molecule has 1 aromatic rings. The van der Waals surface area contributed by atoms with E-state index in [0.717, 1.165) is 12.7 Å². The van der Waals surface area contributed by atoms with Crippen molar-refractivity contribution in [3.63, 3.8) is 0 Å². The van der Waals surface area contributed by atoms with Crippen LogP contribution in [0.5, 0.6) is 0 Å². The maximum absolute atomic E-state index is 12.0. The molecule has 0 fully saturated rings. The number of hydrogen-bond acceptors (Lipinski definition) is 4. The van der Waals surface area contributed by atoms with Crippen molar-refractivity contribution in [1.29, 1.82) is 0 Å². The zero-order valence-electron chi connectivity index (χ0n) is 12.8. The summed E-state index contributed by atoms with van der Waals surface area (Å²) >= 11 is 0. The molecule has 0 aliphatic rings. The van der Waals surface area contributed by atoms with Crippen LogP contribution >= 0.6 is 0 Å². The third kappa shape index (κ3) is 6.27. The van der Waals surface area contributed by atoms with Gasteiger partial charge in [-0.25, -0.2) is 8.42 Å². The van der Waals surface area contributed by atoms with E-state index in [2.05, 4.69) is 19.2 Å². The van der Waals surface area contributed by atoms with Gasteiger partial charge >= 0.3 is 0 Å². The molecule has 3 N–H and O–H groups in total. The van der Waals surface area contributed by atoms with E-state index in [1.54, 1.807) is 12.1 Å². The molecular formula is C15H24N2O3S. The maximum atomic E-state index is 12.0. The zero-order chi connectivity index (χ0) is 16.0. The summed E-state index contributed by atoms with van der Waals surface area (Å²) in [7, 11) is -3.28. The van der Waals surface area contributed by atoms with Crippen LogP contribution in [0.4, 0.5) is 5.69 Å². The lowest BCUT2D eigenvalue weighted by atomic mass is 9.94. The lowest BCUT2D eigenvalue weighted by Gasteiger charge is -2.16. The first-order valence-corrected chi connectivity index (χ1v) is 8.91. The van der Waals surface area contributed by atoms with E-state index in [0.29, 0.717) is 24.6 Å². The first-order valence-electron chi connectivity index (χ1n) is 7.02. The van der Waals surface area contributed by atoms with Crippen LogP contribution in [0.15, 0.2) is 29.2 Å². The van der Waals surface area contributed by atoms with E-state index >= 15 is 0 Å². The molecule has 0 unspecified atom stereocenters.